The Morgan fingerprint density at radius 3 is 2.32 bits per heavy atom. The maximum absolute atomic E-state index is 6.07. The third-order valence-electron chi connectivity index (χ3n) is 4.35. The first-order valence-corrected chi connectivity index (χ1v) is 8.69. The molecule has 0 unspecified atom stereocenters. The largest absolute Gasteiger partial charge is 0.489 e. The van der Waals surface area contributed by atoms with Crippen molar-refractivity contribution < 1.29 is 4.74 Å². The van der Waals surface area contributed by atoms with E-state index < -0.39 is 0 Å². The fraction of sp³-hybridized carbons (Fsp3) is 0.217. The smallest absolute Gasteiger partial charge is 0.124 e. The summed E-state index contributed by atoms with van der Waals surface area (Å²) in [6, 6.07) is 23.2. The maximum atomic E-state index is 6.07. The minimum atomic E-state index is 0.584. The van der Waals surface area contributed by atoms with Gasteiger partial charge in [-0.05, 0) is 49.6 Å². The van der Waals surface area contributed by atoms with E-state index >= 15 is 0 Å². The molecule has 25 heavy (non-hydrogen) atoms. The molecule has 0 fully saturated rings. The van der Waals surface area contributed by atoms with Gasteiger partial charge in [0.25, 0.3) is 0 Å². The highest BCUT2D eigenvalue weighted by atomic mass is 16.5. The highest BCUT2D eigenvalue weighted by molar-refractivity contribution is 5.53. The standard InChI is InChI=1S/C23H25NO/c1-17-9-12-20(13-10-17)16-25-23-7-5-4-6-21(23)15-24-22-14-18(2)8-11-19(22)3/h4-14,24H,15-16H2,1-3H3. The maximum Gasteiger partial charge on any atom is 0.124 e. The number of aryl methyl sites for hydroxylation is 3. The van der Waals surface area contributed by atoms with Crippen LogP contribution in [-0.4, -0.2) is 0 Å². The van der Waals surface area contributed by atoms with Gasteiger partial charge in [0, 0.05) is 17.8 Å². The molecule has 0 aliphatic rings. The van der Waals surface area contributed by atoms with Crippen molar-refractivity contribution in [3.8, 4) is 5.75 Å². The molecule has 0 saturated heterocycles. The lowest BCUT2D eigenvalue weighted by Crippen LogP contribution is -2.04. The predicted octanol–water partition coefficient (Wildman–Crippen LogP) is 5.80. The molecule has 0 atom stereocenters. The third kappa shape index (κ3) is 4.63. The summed E-state index contributed by atoms with van der Waals surface area (Å²) in [5.41, 5.74) is 7.30. The van der Waals surface area contributed by atoms with Crippen molar-refractivity contribution in [3.05, 3.63) is 94.5 Å². The van der Waals surface area contributed by atoms with E-state index in [0.717, 1.165) is 17.9 Å². The van der Waals surface area contributed by atoms with E-state index in [2.05, 4.69) is 80.7 Å². The van der Waals surface area contributed by atoms with E-state index in [1.54, 1.807) is 0 Å². The third-order valence-corrected chi connectivity index (χ3v) is 4.35. The molecule has 0 spiro atoms. The van der Waals surface area contributed by atoms with Gasteiger partial charge in [-0.1, -0.05) is 60.2 Å². The Morgan fingerprint density at radius 2 is 1.52 bits per heavy atom. The van der Waals surface area contributed by atoms with Crippen LogP contribution in [-0.2, 0) is 13.2 Å². The van der Waals surface area contributed by atoms with Crippen molar-refractivity contribution in [3.63, 3.8) is 0 Å². The normalized spacial score (nSPS) is 10.5. The number of hydrogen-bond donors (Lipinski definition) is 1. The molecule has 0 aliphatic heterocycles. The fourth-order valence-corrected chi connectivity index (χ4v) is 2.75. The molecule has 0 radical (unpaired) electrons. The van der Waals surface area contributed by atoms with Gasteiger partial charge in [-0.3, -0.25) is 0 Å². The highest BCUT2D eigenvalue weighted by Gasteiger charge is 2.05. The summed E-state index contributed by atoms with van der Waals surface area (Å²) < 4.78 is 6.07. The Labute approximate surface area is 150 Å². The lowest BCUT2D eigenvalue weighted by atomic mass is 10.1. The lowest BCUT2D eigenvalue weighted by molar-refractivity contribution is 0.303. The van der Waals surface area contributed by atoms with Crippen LogP contribution < -0.4 is 10.1 Å². The van der Waals surface area contributed by atoms with Crippen LogP contribution in [0.15, 0.2) is 66.7 Å². The molecule has 0 aromatic heterocycles. The van der Waals surface area contributed by atoms with E-state index in [1.165, 1.54) is 27.9 Å². The van der Waals surface area contributed by atoms with Crippen molar-refractivity contribution in [1.82, 2.24) is 0 Å². The van der Waals surface area contributed by atoms with E-state index in [-0.39, 0.29) is 0 Å². The second-order valence-corrected chi connectivity index (χ2v) is 6.55. The summed E-state index contributed by atoms with van der Waals surface area (Å²) in [5, 5.41) is 3.54. The zero-order valence-electron chi connectivity index (χ0n) is 15.2. The number of anilines is 1. The first-order chi connectivity index (χ1) is 12.1. The second kappa shape index (κ2) is 7.89. The lowest BCUT2D eigenvalue weighted by Gasteiger charge is -2.14. The van der Waals surface area contributed by atoms with Gasteiger partial charge in [0.05, 0.1) is 0 Å². The minimum Gasteiger partial charge on any atom is -0.489 e. The Hall–Kier alpha value is -2.74. The van der Waals surface area contributed by atoms with Crippen LogP contribution in [0.25, 0.3) is 0 Å². The number of nitrogens with one attached hydrogen (secondary N) is 1. The van der Waals surface area contributed by atoms with Crippen LogP contribution in [0.5, 0.6) is 5.75 Å². The van der Waals surface area contributed by atoms with Gasteiger partial charge in [0.15, 0.2) is 0 Å². The molecule has 0 bridgehead atoms. The van der Waals surface area contributed by atoms with Crippen LogP contribution >= 0.6 is 0 Å². The first-order valence-electron chi connectivity index (χ1n) is 8.69. The molecule has 3 rings (SSSR count). The second-order valence-electron chi connectivity index (χ2n) is 6.55. The highest BCUT2D eigenvalue weighted by Crippen LogP contribution is 2.23. The van der Waals surface area contributed by atoms with Crippen LogP contribution in [0.2, 0.25) is 0 Å². The molecule has 0 heterocycles. The van der Waals surface area contributed by atoms with Crippen molar-refractivity contribution in [2.75, 3.05) is 5.32 Å². The number of ether oxygens (including phenoxy) is 1. The quantitative estimate of drug-likeness (QED) is 0.616. The van der Waals surface area contributed by atoms with Gasteiger partial charge in [0.1, 0.15) is 12.4 Å². The zero-order valence-corrected chi connectivity index (χ0v) is 15.2. The molecule has 3 aromatic rings. The van der Waals surface area contributed by atoms with E-state index in [4.69, 9.17) is 4.74 Å². The van der Waals surface area contributed by atoms with Gasteiger partial charge in [-0.25, -0.2) is 0 Å². The minimum absolute atomic E-state index is 0.584. The topological polar surface area (TPSA) is 21.3 Å². The van der Waals surface area contributed by atoms with Gasteiger partial charge in [0.2, 0.25) is 0 Å². The fourth-order valence-electron chi connectivity index (χ4n) is 2.75. The number of benzene rings is 3. The molecule has 2 nitrogen and oxygen atoms in total. The average Bonchev–Trinajstić information content (AvgIpc) is 2.63. The Balaban J connectivity index is 1.68. The Bertz CT molecular complexity index is 837. The monoisotopic (exact) mass is 331 g/mol. The van der Waals surface area contributed by atoms with E-state index in [9.17, 15) is 0 Å². The van der Waals surface area contributed by atoms with Gasteiger partial charge in [-0.15, -0.1) is 0 Å². The Kier molecular flexibility index (Phi) is 5.39. The Morgan fingerprint density at radius 1 is 0.800 bits per heavy atom. The number of rotatable bonds is 6. The molecule has 0 amide bonds. The molecule has 0 saturated carbocycles. The van der Waals surface area contributed by atoms with Crippen LogP contribution in [0, 0.1) is 20.8 Å². The summed E-state index contributed by atoms with van der Waals surface area (Å²) in [6.45, 7) is 7.67. The van der Waals surface area contributed by atoms with Crippen molar-refractivity contribution >= 4 is 5.69 Å². The molecule has 128 valence electrons. The summed E-state index contributed by atoms with van der Waals surface area (Å²) in [6.07, 6.45) is 0. The van der Waals surface area contributed by atoms with Crippen molar-refractivity contribution in [1.29, 1.82) is 0 Å². The zero-order chi connectivity index (χ0) is 17.6. The number of para-hydroxylation sites is 1. The molecule has 1 N–H and O–H groups in total. The van der Waals surface area contributed by atoms with Crippen molar-refractivity contribution in [2.45, 2.75) is 33.9 Å². The van der Waals surface area contributed by atoms with E-state index in [1.807, 2.05) is 12.1 Å². The van der Waals surface area contributed by atoms with Crippen LogP contribution in [0.3, 0.4) is 0 Å². The van der Waals surface area contributed by atoms with Crippen molar-refractivity contribution in [2.24, 2.45) is 0 Å². The molecule has 3 aromatic carbocycles. The summed E-state index contributed by atoms with van der Waals surface area (Å²) in [7, 11) is 0. The van der Waals surface area contributed by atoms with Gasteiger partial charge < -0.3 is 10.1 Å². The molecule has 0 aliphatic carbocycles. The average molecular weight is 331 g/mol. The summed E-state index contributed by atoms with van der Waals surface area (Å²) >= 11 is 0. The van der Waals surface area contributed by atoms with Crippen LogP contribution in [0.4, 0.5) is 5.69 Å². The summed E-state index contributed by atoms with van der Waals surface area (Å²) in [4.78, 5) is 0. The van der Waals surface area contributed by atoms with Crippen LogP contribution in [0.1, 0.15) is 27.8 Å². The molecular weight excluding hydrogens is 306 g/mol. The van der Waals surface area contributed by atoms with Gasteiger partial charge >= 0.3 is 0 Å². The SMILES string of the molecule is Cc1ccc(COc2ccccc2CNc2cc(C)ccc2C)cc1. The first kappa shape index (κ1) is 17.1. The number of hydrogen-bond acceptors (Lipinski definition) is 2. The predicted molar refractivity (Wildman–Crippen MR) is 105 cm³/mol. The van der Waals surface area contributed by atoms with Gasteiger partial charge in [-0.2, -0.15) is 0 Å². The molecule has 2 heteroatoms. The van der Waals surface area contributed by atoms with E-state index in [0.29, 0.717) is 6.61 Å². The summed E-state index contributed by atoms with van der Waals surface area (Å²) in [5.74, 6) is 0.931. The molecular formula is C23H25NO.